The predicted octanol–water partition coefficient (Wildman–Crippen LogP) is 3.60. The zero-order valence-electron chi connectivity index (χ0n) is 14.7. The Balaban J connectivity index is 2.05. The van der Waals surface area contributed by atoms with Crippen molar-refractivity contribution in [3.05, 3.63) is 59.1 Å². The van der Waals surface area contributed by atoms with E-state index in [1.54, 1.807) is 36.0 Å². The smallest absolute Gasteiger partial charge is 0.251 e. The van der Waals surface area contributed by atoms with Crippen LogP contribution >= 0.6 is 23.4 Å². The molecule has 140 valence electrons. The topological polar surface area (TPSA) is 72.7 Å². The Kier molecular flexibility index (Phi) is 6.08. The number of nitrogens with zero attached hydrogens (tertiary/aromatic N) is 4. The molecule has 0 saturated carbocycles. The number of nitrogens with one attached hydrogen (secondary N) is 1. The van der Waals surface area contributed by atoms with Crippen LogP contribution in [0.15, 0.2) is 42.7 Å². The summed E-state index contributed by atoms with van der Waals surface area (Å²) in [7, 11) is 0. The van der Waals surface area contributed by atoms with E-state index in [0.29, 0.717) is 22.4 Å². The molecule has 0 saturated heterocycles. The summed E-state index contributed by atoms with van der Waals surface area (Å²) in [5, 5.41) is 14.4. The number of benzene rings is 2. The van der Waals surface area contributed by atoms with Gasteiger partial charge in [-0.2, -0.15) is 11.8 Å². The number of carbonyl (C=O) groups excluding carboxylic acids is 1. The Bertz CT molecular complexity index is 951. The average molecular weight is 406 g/mol. The van der Waals surface area contributed by atoms with E-state index in [4.69, 9.17) is 11.6 Å². The van der Waals surface area contributed by atoms with Crippen LogP contribution < -0.4 is 5.32 Å². The molecule has 1 N–H and O–H groups in total. The van der Waals surface area contributed by atoms with Gasteiger partial charge in [0.2, 0.25) is 0 Å². The Morgan fingerprint density at radius 1 is 1.33 bits per heavy atom. The molecular formula is C18H17ClFN5OS. The van der Waals surface area contributed by atoms with Crippen LogP contribution in [0.3, 0.4) is 0 Å². The molecule has 0 fully saturated rings. The van der Waals surface area contributed by atoms with Gasteiger partial charge in [-0.25, -0.2) is 9.07 Å². The summed E-state index contributed by atoms with van der Waals surface area (Å²) in [6, 6.07) is 9.35. The SMILES string of the molecule is CSCC(C)NC(=O)c1cc(-c2ccc(F)cc2Cl)cc(-n2cnnn2)c1. The van der Waals surface area contributed by atoms with Crippen LogP contribution in [-0.2, 0) is 0 Å². The van der Waals surface area contributed by atoms with Gasteiger partial charge in [-0.3, -0.25) is 4.79 Å². The third-order valence-electron chi connectivity index (χ3n) is 3.83. The van der Waals surface area contributed by atoms with E-state index in [0.717, 1.165) is 5.75 Å². The minimum Gasteiger partial charge on any atom is -0.349 e. The number of thioether (sulfide) groups is 1. The molecule has 1 amide bonds. The molecule has 3 rings (SSSR count). The van der Waals surface area contributed by atoms with Crippen molar-refractivity contribution in [2.24, 2.45) is 0 Å². The molecule has 27 heavy (non-hydrogen) atoms. The van der Waals surface area contributed by atoms with Crippen LogP contribution in [0.1, 0.15) is 17.3 Å². The third kappa shape index (κ3) is 4.64. The van der Waals surface area contributed by atoms with Crippen molar-refractivity contribution in [3.8, 4) is 16.8 Å². The highest BCUT2D eigenvalue weighted by atomic mass is 35.5. The molecule has 1 atom stereocenters. The van der Waals surface area contributed by atoms with E-state index < -0.39 is 5.82 Å². The second-order valence-electron chi connectivity index (χ2n) is 5.98. The van der Waals surface area contributed by atoms with Crippen LogP contribution in [-0.4, -0.2) is 44.2 Å². The normalized spacial score (nSPS) is 12.0. The first-order chi connectivity index (χ1) is 13.0. The zero-order valence-corrected chi connectivity index (χ0v) is 16.3. The number of aromatic nitrogens is 4. The van der Waals surface area contributed by atoms with Crippen molar-refractivity contribution in [1.82, 2.24) is 25.5 Å². The molecule has 0 spiro atoms. The summed E-state index contributed by atoms with van der Waals surface area (Å²) >= 11 is 7.86. The fraction of sp³-hybridized carbons (Fsp3) is 0.222. The average Bonchev–Trinajstić information content (AvgIpc) is 3.16. The van der Waals surface area contributed by atoms with Gasteiger partial charge in [0.1, 0.15) is 12.1 Å². The van der Waals surface area contributed by atoms with Gasteiger partial charge < -0.3 is 5.32 Å². The van der Waals surface area contributed by atoms with Crippen molar-refractivity contribution in [2.45, 2.75) is 13.0 Å². The number of halogens is 2. The van der Waals surface area contributed by atoms with Crippen molar-refractivity contribution in [2.75, 3.05) is 12.0 Å². The zero-order chi connectivity index (χ0) is 19.4. The minimum atomic E-state index is -0.427. The van der Waals surface area contributed by atoms with Gasteiger partial charge >= 0.3 is 0 Å². The summed E-state index contributed by atoms with van der Waals surface area (Å²) in [6.07, 6.45) is 3.42. The molecule has 1 aromatic heterocycles. The fourth-order valence-electron chi connectivity index (χ4n) is 2.63. The van der Waals surface area contributed by atoms with Crippen molar-refractivity contribution in [1.29, 1.82) is 0 Å². The summed E-state index contributed by atoms with van der Waals surface area (Å²) < 4.78 is 14.9. The molecule has 9 heteroatoms. The van der Waals surface area contributed by atoms with Crippen LogP contribution in [0.25, 0.3) is 16.8 Å². The highest BCUT2D eigenvalue weighted by Gasteiger charge is 2.15. The lowest BCUT2D eigenvalue weighted by Gasteiger charge is -2.14. The van der Waals surface area contributed by atoms with Crippen molar-refractivity contribution in [3.63, 3.8) is 0 Å². The summed E-state index contributed by atoms with van der Waals surface area (Å²) in [5.41, 5.74) is 2.31. The Morgan fingerprint density at radius 3 is 2.81 bits per heavy atom. The van der Waals surface area contributed by atoms with E-state index in [1.165, 1.54) is 23.1 Å². The van der Waals surface area contributed by atoms with E-state index in [-0.39, 0.29) is 17.0 Å². The van der Waals surface area contributed by atoms with Gasteiger partial charge in [-0.1, -0.05) is 11.6 Å². The maximum Gasteiger partial charge on any atom is 0.251 e. The molecule has 1 unspecified atom stereocenters. The minimum absolute atomic E-state index is 0.0158. The second kappa shape index (κ2) is 8.49. The number of carbonyl (C=O) groups is 1. The molecule has 6 nitrogen and oxygen atoms in total. The summed E-state index contributed by atoms with van der Waals surface area (Å²) in [6.45, 7) is 1.94. The van der Waals surface area contributed by atoms with E-state index in [2.05, 4.69) is 20.8 Å². The van der Waals surface area contributed by atoms with Crippen molar-refractivity contribution >= 4 is 29.3 Å². The van der Waals surface area contributed by atoms with Crippen LogP contribution in [0.5, 0.6) is 0 Å². The number of hydrogen-bond acceptors (Lipinski definition) is 5. The Morgan fingerprint density at radius 2 is 2.15 bits per heavy atom. The van der Waals surface area contributed by atoms with Gasteiger partial charge in [0.25, 0.3) is 5.91 Å². The molecule has 3 aromatic rings. The maximum atomic E-state index is 13.4. The largest absolute Gasteiger partial charge is 0.349 e. The standard InChI is InChI=1S/C18H17ClFN5OS/c1-11(9-27-2)22-18(26)13-5-12(16-4-3-14(20)8-17(16)19)6-15(7-13)25-10-21-23-24-25/h3-8,10-11H,9H2,1-2H3,(H,22,26). The summed E-state index contributed by atoms with van der Waals surface area (Å²) in [5.74, 6) is 0.157. The van der Waals surface area contributed by atoms with Gasteiger partial charge in [0.15, 0.2) is 0 Å². The second-order valence-corrected chi connectivity index (χ2v) is 7.29. The Labute approximate surface area is 165 Å². The van der Waals surface area contributed by atoms with Gasteiger partial charge in [-0.05, 0) is 65.6 Å². The maximum absolute atomic E-state index is 13.4. The lowest BCUT2D eigenvalue weighted by Crippen LogP contribution is -2.34. The van der Waals surface area contributed by atoms with Crippen LogP contribution in [0, 0.1) is 5.82 Å². The lowest BCUT2D eigenvalue weighted by molar-refractivity contribution is 0.0943. The van der Waals surface area contributed by atoms with Crippen molar-refractivity contribution < 1.29 is 9.18 Å². The Hall–Kier alpha value is -2.45. The molecule has 2 aromatic carbocycles. The predicted molar refractivity (Wildman–Crippen MR) is 105 cm³/mol. The molecule has 0 aliphatic heterocycles. The number of amides is 1. The molecular weight excluding hydrogens is 389 g/mol. The van der Waals surface area contributed by atoms with Gasteiger partial charge in [0, 0.05) is 22.9 Å². The van der Waals surface area contributed by atoms with E-state index in [9.17, 15) is 9.18 Å². The van der Waals surface area contributed by atoms with Gasteiger partial charge in [0.05, 0.1) is 10.7 Å². The summed E-state index contributed by atoms with van der Waals surface area (Å²) in [4.78, 5) is 12.7. The highest BCUT2D eigenvalue weighted by molar-refractivity contribution is 7.98. The molecule has 0 aliphatic carbocycles. The van der Waals surface area contributed by atoms with E-state index in [1.807, 2.05) is 13.2 Å². The molecule has 0 radical (unpaired) electrons. The first-order valence-corrected chi connectivity index (χ1v) is 9.89. The molecule has 0 bridgehead atoms. The monoisotopic (exact) mass is 405 g/mol. The number of rotatable bonds is 6. The molecule has 0 aliphatic rings. The van der Waals surface area contributed by atoms with Gasteiger partial charge in [-0.15, -0.1) is 5.10 Å². The van der Waals surface area contributed by atoms with Crippen LogP contribution in [0.4, 0.5) is 4.39 Å². The third-order valence-corrected chi connectivity index (χ3v) is 4.98. The lowest BCUT2D eigenvalue weighted by atomic mass is 10.0. The highest BCUT2D eigenvalue weighted by Crippen LogP contribution is 2.31. The van der Waals surface area contributed by atoms with Crippen LogP contribution in [0.2, 0.25) is 5.02 Å². The first kappa shape index (κ1) is 19.3. The quantitative estimate of drug-likeness (QED) is 0.678. The first-order valence-electron chi connectivity index (χ1n) is 8.11. The number of hydrogen-bond donors (Lipinski definition) is 1. The molecule has 1 heterocycles. The van der Waals surface area contributed by atoms with E-state index >= 15 is 0 Å². The fourth-order valence-corrected chi connectivity index (χ4v) is 3.49. The number of tetrazole rings is 1.